The van der Waals surface area contributed by atoms with Gasteiger partial charge in [0.25, 0.3) is 0 Å². The van der Waals surface area contributed by atoms with E-state index in [0.717, 1.165) is 23.9 Å². The van der Waals surface area contributed by atoms with Crippen molar-refractivity contribution in [2.75, 3.05) is 19.3 Å². The molecule has 0 aliphatic carbocycles. The van der Waals surface area contributed by atoms with Crippen LogP contribution in [0.4, 0.5) is 0 Å². The minimum absolute atomic E-state index is 0.0664. The van der Waals surface area contributed by atoms with E-state index < -0.39 is 5.97 Å². The molecular weight excluding hydrogens is 262 g/mol. The van der Waals surface area contributed by atoms with Crippen LogP contribution in [-0.4, -0.2) is 50.9 Å². The van der Waals surface area contributed by atoms with E-state index in [1.165, 1.54) is 31.0 Å². The van der Waals surface area contributed by atoms with Gasteiger partial charge in [-0.05, 0) is 33.4 Å². The summed E-state index contributed by atoms with van der Waals surface area (Å²) in [6.45, 7) is 4.00. The van der Waals surface area contributed by atoms with Gasteiger partial charge in [0.05, 0.1) is 11.4 Å². The second kappa shape index (κ2) is 6.43. The van der Waals surface area contributed by atoms with Gasteiger partial charge in [-0.2, -0.15) is 0 Å². The molecule has 0 bridgehead atoms. The van der Waals surface area contributed by atoms with Crippen molar-refractivity contribution in [1.29, 1.82) is 0 Å². The van der Waals surface area contributed by atoms with Crippen LogP contribution in [0.2, 0.25) is 0 Å². The zero-order valence-electron chi connectivity index (χ0n) is 11.5. The fraction of sp³-hybridized carbons (Fsp3) is 0.692. The minimum atomic E-state index is -0.799. The first kappa shape index (κ1) is 14.4. The summed E-state index contributed by atoms with van der Waals surface area (Å²) in [5.41, 5.74) is 0.950. The number of likely N-dealkylation sites (N-methyl/N-ethyl adjacent to an activating group) is 1. The van der Waals surface area contributed by atoms with Gasteiger partial charge in [-0.3, -0.25) is 4.79 Å². The SMILES string of the molecule is Cc1cn(CC2CCCCN2C)c(SCC(=O)O)n1. The topological polar surface area (TPSA) is 58.4 Å². The molecule has 2 rings (SSSR count). The molecule has 0 radical (unpaired) electrons. The quantitative estimate of drug-likeness (QED) is 0.836. The van der Waals surface area contributed by atoms with Crippen molar-refractivity contribution in [2.24, 2.45) is 0 Å². The van der Waals surface area contributed by atoms with Gasteiger partial charge in [0.1, 0.15) is 0 Å². The highest BCUT2D eigenvalue weighted by Gasteiger charge is 2.20. The number of imidazole rings is 1. The number of carboxylic acids is 1. The molecule has 0 spiro atoms. The summed E-state index contributed by atoms with van der Waals surface area (Å²) < 4.78 is 2.11. The Bertz CT molecular complexity index is 447. The van der Waals surface area contributed by atoms with Crippen LogP contribution in [0.25, 0.3) is 0 Å². The number of piperidine rings is 1. The van der Waals surface area contributed by atoms with E-state index in [-0.39, 0.29) is 5.75 Å². The van der Waals surface area contributed by atoms with Crippen molar-refractivity contribution in [3.63, 3.8) is 0 Å². The molecule has 5 nitrogen and oxygen atoms in total. The summed E-state index contributed by atoms with van der Waals surface area (Å²) in [6.07, 6.45) is 5.78. The smallest absolute Gasteiger partial charge is 0.313 e. The number of hydrogen-bond acceptors (Lipinski definition) is 4. The van der Waals surface area contributed by atoms with E-state index in [9.17, 15) is 4.79 Å². The average Bonchev–Trinajstić information content (AvgIpc) is 2.70. The molecule has 1 unspecified atom stereocenters. The Balaban J connectivity index is 2.04. The van der Waals surface area contributed by atoms with Crippen LogP contribution in [0.5, 0.6) is 0 Å². The van der Waals surface area contributed by atoms with Gasteiger partial charge in [-0.1, -0.05) is 18.2 Å². The predicted molar refractivity (Wildman–Crippen MR) is 75.6 cm³/mol. The number of rotatable bonds is 5. The summed E-state index contributed by atoms with van der Waals surface area (Å²) in [6, 6.07) is 0.534. The lowest BCUT2D eigenvalue weighted by atomic mass is 10.0. The van der Waals surface area contributed by atoms with E-state index in [4.69, 9.17) is 5.11 Å². The summed E-state index contributed by atoms with van der Waals surface area (Å²) in [5.74, 6) is -0.733. The van der Waals surface area contributed by atoms with Crippen LogP contribution in [-0.2, 0) is 11.3 Å². The number of hydrogen-bond donors (Lipinski definition) is 1. The second-order valence-electron chi connectivity index (χ2n) is 5.13. The lowest BCUT2D eigenvalue weighted by Gasteiger charge is -2.32. The zero-order valence-corrected chi connectivity index (χ0v) is 12.3. The third-order valence-electron chi connectivity index (χ3n) is 3.51. The number of thioether (sulfide) groups is 1. The number of aryl methyl sites for hydroxylation is 1. The van der Waals surface area contributed by atoms with Crippen LogP contribution in [0.15, 0.2) is 11.4 Å². The van der Waals surface area contributed by atoms with Crippen LogP contribution < -0.4 is 0 Å². The molecule has 1 atom stereocenters. The molecular formula is C13H21N3O2S. The number of aliphatic carboxylic acids is 1. The van der Waals surface area contributed by atoms with Gasteiger partial charge in [0.2, 0.25) is 0 Å². The van der Waals surface area contributed by atoms with Crippen LogP contribution >= 0.6 is 11.8 Å². The van der Waals surface area contributed by atoms with Crippen molar-refractivity contribution in [1.82, 2.24) is 14.5 Å². The first-order valence-corrected chi connectivity index (χ1v) is 7.63. The van der Waals surface area contributed by atoms with Crippen molar-refractivity contribution in [2.45, 2.75) is 43.9 Å². The first-order chi connectivity index (χ1) is 9.06. The molecule has 1 aromatic heterocycles. The van der Waals surface area contributed by atoms with Crippen molar-refractivity contribution in [3.05, 3.63) is 11.9 Å². The van der Waals surface area contributed by atoms with Crippen LogP contribution in [0, 0.1) is 6.92 Å². The third kappa shape index (κ3) is 3.98. The van der Waals surface area contributed by atoms with Crippen molar-refractivity contribution < 1.29 is 9.90 Å². The average molecular weight is 283 g/mol. The third-order valence-corrected chi connectivity index (χ3v) is 4.49. The molecule has 1 aliphatic heterocycles. The monoisotopic (exact) mass is 283 g/mol. The molecule has 1 N–H and O–H groups in total. The lowest BCUT2D eigenvalue weighted by Crippen LogP contribution is -2.39. The Kier molecular flexibility index (Phi) is 4.87. The number of aromatic nitrogens is 2. The molecule has 106 valence electrons. The standard InChI is InChI=1S/C13H21N3O2S/c1-10-7-16(13(14-10)19-9-12(17)18)8-11-5-3-4-6-15(11)2/h7,11H,3-6,8-9H2,1-2H3,(H,17,18). The molecule has 1 aliphatic rings. The number of carbonyl (C=O) groups is 1. The van der Waals surface area contributed by atoms with Crippen LogP contribution in [0.1, 0.15) is 25.0 Å². The lowest BCUT2D eigenvalue weighted by molar-refractivity contribution is -0.133. The van der Waals surface area contributed by atoms with Crippen molar-refractivity contribution in [3.8, 4) is 0 Å². The number of carboxylic acid groups (broad SMARTS) is 1. The van der Waals surface area contributed by atoms with E-state index in [1.54, 1.807) is 0 Å². The summed E-state index contributed by atoms with van der Waals surface area (Å²) in [4.78, 5) is 17.5. The molecule has 2 heterocycles. The van der Waals surface area contributed by atoms with E-state index >= 15 is 0 Å². The fourth-order valence-electron chi connectivity index (χ4n) is 2.50. The summed E-state index contributed by atoms with van der Waals surface area (Å²) in [5, 5.41) is 9.59. The maximum absolute atomic E-state index is 10.7. The highest BCUT2D eigenvalue weighted by Crippen LogP contribution is 2.22. The molecule has 1 fully saturated rings. The molecule has 0 saturated carbocycles. The Labute approximate surface area is 118 Å². The maximum atomic E-state index is 10.7. The van der Waals surface area contributed by atoms with Crippen molar-refractivity contribution >= 4 is 17.7 Å². The molecule has 0 aromatic carbocycles. The fourth-order valence-corrected chi connectivity index (χ4v) is 3.25. The number of nitrogens with zero attached hydrogens (tertiary/aromatic N) is 3. The van der Waals surface area contributed by atoms with Gasteiger partial charge in [-0.25, -0.2) is 4.98 Å². The minimum Gasteiger partial charge on any atom is -0.481 e. The van der Waals surface area contributed by atoms with Gasteiger partial charge >= 0.3 is 5.97 Å². The van der Waals surface area contributed by atoms with Crippen LogP contribution in [0.3, 0.4) is 0 Å². The highest BCUT2D eigenvalue weighted by atomic mass is 32.2. The van der Waals surface area contributed by atoms with Gasteiger partial charge in [0.15, 0.2) is 5.16 Å². The summed E-state index contributed by atoms with van der Waals surface area (Å²) >= 11 is 1.30. The van der Waals surface area contributed by atoms with Gasteiger partial charge in [-0.15, -0.1) is 0 Å². The van der Waals surface area contributed by atoms with E-state index in [0.29, 0.717) is 6.04 Å². The summed E-state index contributed by atoms with van der Waals surface area (Å²) in [7, 11) is 2.16. The predicted octanol–water partition coefficient (Wildman–Crippen LogP) is 1.85. The van der Waals surface area contributed by atoms with Gasteiger partial charge < -0.3 is 14.6 Å². The molecule has 6 heteroatoms. The Morgan fingerprint density at radius 2 is 2.37 bits per heavy atom. The second-order valence-corrected chi connectivity index (χ2v) is 6.07. The first-order valence-electron chi connectivity index (χ1n) is 6.65. The normalized spacial score (nSPS) is 20.6. The molecule has 1 saturated heterocycles. The van der Waals surface area contributed by atoms with E-state index in [2.05, 4.69) is 21.5 Å². The highest BCUT2D eigenvalue weighted by molar-refractivity contribution is 7.99. The molecule has 19 heavy (non-hydrogen) atoms. The maximum Gasteiger partial charge on any atom is 0.313 e. The zero-order chi connectivity index (χ0) is 13.8. The Morgan fingerprint density at radius 3 is 3.05 bits per heavy atom. The Morgan fingerprint density at radius 1 is 1.58 bits per heavy atom. The van der Waals surface area contributed by atoms with Gasteiger partial charge in [0, 0.05) is 18.8 Å². The molecule has 0 amide bonds. The largest absolute Gasteiger partial charge is 0.481 e. The van der Waals surface area contributed by atoms with E-state index in [1.807, 2.05) is 13.1 Å². The Hall–Kier alpha value is -1.01. The molecule has 1 aromatic rings. The number of likely N-dealkylation sites (tertiary alicyclic amines) is 1.